The molecule has 1 heterocycles. The van der Waals surface area contributed by atoms with Crippen molar-refractivity contribution in [2.75, 3.05) is 4.90 Å². The first kappa shape index (κ1) is 14.8. The minimum absolute atomic E-state index is 0.000491. The molecular formula is C15H20N2O2S. The van der Waals surface area contributed by atoms with E-state index in [1.807, 2.05) is 18.2 Å². The SMILES string of the molecule is CC(=O)Oc1cccc(N2C(=S)NC(C)(C)CC2C)c1. The largest absolute Gasteiger partial charge is 0.427 e. The molecule has 0 bridgehead atoms. The highest BCUT2D eigenvalue weighted by atomic mass is 32.1. The molecule has 1 saturated heterocycles. The Morgan fingerprint density at radius 1 is 1.50 bits per heavy atom. The third-order valence-corrected chi connectivity index (χ3v) is 3.57. The Morgan fingerprint density at radius 3 is 2.80 bits per heavy atom. The average Bonchev–Trinajstić information content (AvgIpc) is 2.25. The van der Waals surface area contributed by atoms with Gasteiger partial charge in [-0.25, -0.2) is 0 Å². The predicted octanol–water partition coefficient (Wildman–Crippen LogP) is 2.86. The van der Waals surface area contributed by atoms with Gasteiger partial charge in [0.15, 0.2) is 5.11 Å². The normalized spacial score (nSPS) is 21.3. The van der Waals surface area contributed by atoms with E-state index in [-0.39, 0.29) is 17.6 Å². The van der Waals surface area contributed by atoms with Crippen molar-refractivity contribution in [2.24, 2.45) is 0 Å². The summed E-state index contributed by atoms with van der Waals surface area (Å²) >= 11 is 5.47. The summed E-state index contributed by atoms with van der Waals surface area (Å²) in [4.78, 5) is 13.1. The number of esters is 1. The van der Waals surface area contributed by atoms with Gasteiger partial charge in [0.25, 0.3) is 0 Å². The van der Waals surface area contributed by atoms with Crippen molar-refractivity contribution in [3.63, 3.8) is 0 Å². The number of carbonyl (C=O) groups is 1. The van der Waals surface area contributed by atoms with Crippen LogP contribution < -0.4 is 15.0 Å². The molecule has 1 aromatic rings. The molecule has 1 fully saturated rings. The number of anilines is 1. The zero-order valence-electron chi connectivity index (χ0n) is 12.3. The van der Waals surface area contributed by atoms with Gasteiger partial charge in [-0.05, 0) is 51.5 Å². The van der Waals surface area contributed by atoms with Gasteiger partial charge in [0.2, 0.25) is 0 Å². The Labute approximate surface area is 125 Å². The van der Waals surface area contributed by atoms with E-state index in [9.17, 15) is 4.79 Å². The Balaban J connectivity index is 2.27. The summed E-state index contributed by atoms with van der Waals surface area (Å²) in [6.07, 6.45) is 0.977. The van der Waals surface area contributed by atoms with Gasteiger partial charge in [-0.3, -0.25) is 4.79 Å². The van der Waals surface area contributed by atoms with Gasteiger partial charge in [0.1, 0.15) is 5.75 Å². The van der Waals surface area contributed by atoms with Gasteiger partial charge >= 0.3 is 5.97 Å². The molecule has 0 aromatic heterocycles. The van der Waals surface area contributed by atoms with Crippen molar-refractivity contribution in [1.82, 2.24) is 5.32 Å². The molecule has 0 aliphatic carbocycles. The molecule has 5 heteroatoms. The van der Waals surface area contributed by atoms with Gasteiger partial charge in [0.05, 0.1) is 0 Å². The van der Waals surface area contributed by atoms with Crippen LogP contribution in [0.15, 0.2) is 24.3 Å². The van der Waals surface area contributed by atoms with Crippen LogP contribution in [0.2, 0.25) is 0 Å². The molecule has 0 spiro atoms. The van der Waals surface area contributed by atoms with E-state index in [4.69, 9.17) is 17.0 Å². The molecule has 0 radical (unpaired) electrons. The quantitative estimate of drug-likeness (QED) is 0.516. The van der Waals surface area contributed by atoms with E-state index >= 15 is 0 Å². The van der Waals surface area contributed by atoms with Crippen molar-refractivity contribution in [2.45, 2.75) is 45.7 Å². The standard InChI is InChI=1S/C15H20N2O2S/c1-10-9-15(3,4)16-14(20)17(10)12-6-5-7-13(8-12)19-11(2)18/h5-8,10H,9H2,1-4H3,(H,16,20). The molecule has 0 amide bonds. The van der Waals surface area contributed by atoms with Crippen LogP contribution in [0.25, 0.3) is 0 Å². The van der Waals surface area contributed by atoms with E-state index in [0.717, 1.165) is 12.1 Å². The number of hydrogen-bond donors (Lipinski definition) is 1. The molecule has 1 N–H and O–H groups in total. The number of nitrogens with one attached hydrogen (secondary N) is 1. The summed E-state index contributed by atoms with van der Waals surface area (Å²) in [6, 6.07) is 7.72. The molecular weight excluding hydrogens is 272 g/mol. The van der Waals surface area contributed by atoms with Gasteiger partial charge in [-0.1, -0.05) is 6.07 Å². The first-order chi connectivity index (χ1) is 9.28. The minimum Gasteiger partial charge on any atom is -0.427 e. The molecule has 1 aliphatic heterocycles. The summed E-state index contributed by atoms with van der Waals surface area (Å²) in [7, 11) is 0. The summed E-state index contributed by atoms with van der Waals surface area (Å²) < 4.78 is 5.13. The van der Waals surface area contributed by atoms with Gasteiger partial charge in [-0.2, -0.15) is 0 Å². The Morgan fingerprint density at radius 2 is 2.20 bits per heavy atom. The van der Waals surface area contributed by atoms with Gasteiger partial charge in [-0.15, -0.1) is 0 Å². The molecule has 2 rings (SSSR count). The molecule has 1 aliphatic rings. The van der Waals surface area contributed by atoms with Crippen molar-refractivity contribution in [1.29, 1.82) is 0 Å². The summed E-state index contributed by atoms with van der Waals surface area (Å²) in [6.45, 7) is 7.82. The Kier molecular flexibility index (Phi) is 3.99. The smallest absolute Gasteiger partial charge is 0.308 e. The second-order valence-electron chi connectivity index (χ2n) is 5.83. The van der Waals surface area contributed by atoms with Crippen molar-refractivity contribution in [3.8, 4) is 5.75 Å². The molecule has 4 nitrogen and oxygen atoms in total. The van der Waals surface area contributed by atoms with Crippen LogP contribution in [0.1, 0.15) is 34.1 Å². The van der Waals surface area contributed by atoms with Crippen LogP contribution in [0.3, 0.4) is 0 Å². The minimum atomic E-state index is -0.323. The fourth-order valence-corrected chi connectivity index (χ4v) is 3.23. The number of ether oxygens (including phenoxy) is 1. The molecule has 1 unspecified atom stereocenters. The van der Waals surface area contributed by atoms with E-state index in [0.29, 0.717) is 10.9 Å². The van der Waals surface area contributed by atoms with Crippen LogP contribution in [-0.4, -0.2) is 22.7 Å². The van der Waals surface area contributed by atoms with Crippen molar-refractivity contribution < 1.29 is 9.53 Å². The van der Waals surface area contributed by atoms with E-state index in [2.05, 4.69) is 31.0 Å². The Hall–Kier alpha value is -1.62. The third kappa shape index (κ3) is 3.28. The highest BCUT2D eigenvalue weighted by molar-refractivity contribution is 7.80. The number of hydrogen-bond acceptors (Lipinski definition) is 3. The average molecular weight is 292 g/mol. The van der Waals surface area contributed by atoms with Crippen molar-refractivity contribution >= 4 is 29.0 Å². The van der Waals surface area contributed by atoms with Crippen LogP contribution in [0, 0.1) is 0 Å². The first-order valence-electron chi connectivity index (χ1n) is 6.68. The van der Waals surface area contributed by atoms with Crippen LogP contribution in [-0.2, 0) is 4.79 Å². The summed E-state index contributed by atoms with van der Waals surface area (Å²) in [5.41, 5.74) is 0.935. The fourth-order valence-electron chi connectivity index (χ4n) is 2.67. The maximum atomic E-state index is 11.0. The van der Waals surface area contributed by atoms with Crippen LogP contribution in [0.4, 0.5) is 5.69 Å². The van der Waals surface area contributed by atoms with Crippen molar-refractivity contribution in [3.05, 3.63) is 24.3 Å². The van der Waals surface area contributed by atoms with E-state index in [1.165, 1.54) is 6.92 Å². The van der Waals surface area contributed by atoms with Gasteiger partial charge < -0.3 is 15.0 Å². The lowest BCUT2D eigenvalue weighted by Crippen LogP contribution is -2.60. The van der Waals surface area contributed by atoms with E-state index < -0.39 is 0 Å². The maximum Gasteiger partial charge on any atom is 0.308 e. The number of benzene rings is 1. The monoisotopic (exact) mass is 292 g/mol. The van der Waals surface area contributed by atoms with E-state index in [1.54, 1.807) is 6.07 Å². The lowest BCUT2D eigenvalue weighted by Gasteiger charge is -2.44. The molecule has 1 atom stereocenters. The number of rotatable bonds is 2. The highest BCUT2D eigenvalue weighted by Gasteiger charge is 2.33. The number of nitrogens with zero attached hydrogens (tertiary/aromatic N) is 1. The Bertz CT molecular complexity index is 542. The maximum absolute atomic E-state index is 11.0. The topological polar surface area (TPSA) is 41.6 Å². The second-order valence-corrected chi connectivity index (χ2v) is 6.21. The highest BCUT2D eigenvalue weighted by Crippen LogP contribution is 2.29. The molecule has 0 saturated carbocycles. The number of thiocarbonyl (C=S) groups is 1. The molecule has 20 heavy (non-hydrogen) atoms. The third-order valence-electron chi connectivity index (χ3n) is 3.27. The van der Waals surface area contributed by atoms with Crippen LogP contribution in [0.5, 0.6) is 5.75 Å². The molecule has 108 valence electrons. The van der Waals surface area contributed by atoms with Crippen LogP contribution >= 0.6 is 12.2 Å². The summed E-state index contributed by atoms with van der Waals surface area (Å²) in [5, 5.41) is 4.05. The van der Waals surface area contributed by atoms with Gasteiger partial charge in [0, 0.05) is 30.3 Å². The molecule has 1 aromatic carbocycles. The summed E-state index contributed by atoms with van der Waals surface area (Å²) in [5.74, 6) is 0.213. The zero-order chi connectivity index (χ0) is 14.9. The lowest BCUT2D eigenvalue weighted by molar-refractivity contribution is -0.131. The predicted molar refractivity (Wildman–Crippen MR) is 84.1 cm³/mol. The zero-order valence-corrected chi connectivity index (χ0v) is 13.1. The first-order valence-corrected chi connectivity index (χ1v) is 7.09. The fraction of sp³-hybridized carbons (Fsp3) is 0.467. The number of carbonyl (C=O) groups excluding carboxylic acids is 1. The second kappa shape index (κ2) is 5.40. The lowest BCUT2D eigenvalue weighted by atomic mass is 9.93.